The molecule has 8 nitrogen and oxygen atoms in total. The molecule has 1 unspecified atom stereocenters. The van der Waals surface area contributed by atoms with E-state index in [-0.39, 0.29) is 5.25 Å². The summed E-state index contributed by atoms with van der Waals surface area (Å²) in [6, 6.07) is 0. The van der Waals surface area contributed by atoms with E-state index in [9.17, 15) is 0 Å². The van der Waals surface area contributed by atoms with Gasteiger partial charge in [-0.3, -0.25) is 0 Å². The number of rotatable bonds is 1. The first kappa shape index (κ1) is 21.8. The number of ether oxygens (including phenoxy) is 8. The summed E-state index contributed by atoms with van der Waals surface area (Å²) < 4.78 is 50.5. The van der Waals surface area contributed by atoms with Gasteiger partial charge in [0.05, 0.1) is 29.5 Å². The predicted octanol–water partition coefficient (Wildman–Crippen LogP) is 3.32. The molecule has 36 heavy (non-hydrogen) atoms. The second kappa shape index (κ2) is 8.64. The molecule has 2 aromatic heterocycles. The minimum atomic E-state index is -0.0747. The SMILES string of the molecule is c1sc(C2S/C(=c3/s/c(=C4/SCC5=C4OCCO5)c4c3OCCO4)C3=C2OCCO3)c2c1OCCO2. The topological polar surface area (TPSA) is 73.8 Å². The number of fused-ring (bicyclic) bond motifs is 2. The summed E-state index contributed by atoms with van der Waals surface area (Å²) in [5.41, 5.74) is 0. The van der Waals surface area contributed by atoms with E-state index in [1.54, 1.807) is 46.2 Å². The molecule has 1 atom stereocenters. The van der Waals surface area contributed by atoms with Crippen molar-refractivity contribution in [3.63, 3.8) is 0 Å². The molecule has 0 fully saturated rings. The van der Waals surface area contributed by atoms with Crippen LogP contribution in [0.25, 0.3) is 9.81 Å². The number of thioether (sulfide) groups is 2. The van der Waals surface area contributed by atoms with E-state index >= 15 is 0 Å². The molecular formula is C24H20O8S4. The molecule has 6 aliphatic rings. The van der Waals surface area contributed by atoms with Crippen LogP contribution in [0.3, 0.4) is 0 Å². The van der Waals surface area contributed by atoms with Crippen LogP contribution in [-0.4, -0.2) is 58.6 Å². The summed E-state index contributed by atoms with van der Waals surface area (Å²) in [7, 11) is 0. The lowest BCUT2D eigenvalue weighted by Crippen LogP contribution is -2.21. The van der Waals surface area contributed by atoms with Crippen LogP contribution >= 0.6 is 46.2 Å². The second-order valence-electron chi connectivity index (χ2n) is 8.39. The highest BCUT2D eigenvalue weighted by atomic mass is 32.2. The Balaban J connectivity index is 1.33. The van der Waals surface area contributed by atoms with Gasteiger partial charge in [0, 0.05) is 5.38 Å². The molecule has 0 saturated heterocycles. The van der Waals surface area contributed by atoms with Gasteiger partial charge in [-0.1, -0.05) is 0 Å². The van der Waals surface area contributed by atoms with Gasteiger partial charge < -0.3 is 37.9 Å². The standard InChI is InChI=1S/C24H20O8S4/c1-3-27-13-11(25-1)9-33-19(13)21-15-17(31-7-5-29-15)23(35-21)24-18-16(30-6-8-32-18)22(36-24)20-14-12(10-34-20)26-2-4-28-14/h9,21H,1-8,10H2/b22-20+,24-23+. The molecule has 0 N–H and O–H groups in total. The van der Waals surface area contributed by atoms with Gasteiger partial charge in [0.1, 0.15) is 63.9 Å². The average Bonchev–Trinajstić information content (AvgIpc) is 3.71. The van der Waals surface area contributed by atoms with Crippen LogP contribution < -0.4 is 28.0 Å². The third kappa shape index (κ3) is 3.27. The molecular weight excluding hydrogens is 545 g/mol. The first-order chi connectivity index (χ1) is 17.9. The van der Waals surface area contributed by atoms with Gasteiger partial charge in [0.25, 0.3) is 0 Å². The summed E-state index contributed by atoms with van der Waals surface area (Å²) >= 11 is 6.71. The van der Waals surface area contributed by atoms with Crippen LogP contribution in [0.2, 0.25) is 0 Å². The van der Waals surface area contributed by atoms with Crippen molar-refractivity contribution in [3.05, 3.63) is 42.4 Å². The van der Waals surface area contributed by atoms with Crippen molar-refractivity contribution in [2.45, 2.75) is 5.25 Å². The lowest BCUT2D eigenvalue weighted by atomic mass is 10.2. The normalized spacial score (nSPS) is 27.1. The fourth-order valence-electron chi connectivity index (χ4n) is 4.80. The lowest BCUT2D eigenvalue weighted by molar-refractivity contribution is 0.0703. The zero-order valence-corrected chi connectivity index (χ0v) is 22.2. The summed E-state index contributed by atoms with van der Waals surface area (Å²) in [6.45, 7) is 4.28. The van der Waals surface area contributed by atoms with Gasteiger partial charge in [0.15, 0.2) is 40.3 Å². The third-order valence-electron chi connectivity index (χ3n) is 6.28. The van der Waals surface area contributed by atoms with Gasteiger partial charge >= 0.3 is 0 Å². The minimum absolute atomic E-state index is 0.0747. The fraction of sp³-hybridized carbons (Fsp3) is 0.417. The number of thiophene rings is 2. The summed E-state index contributed by atoms with van der Waals surface area (Å²) in [5, 5.41) is 1.94. The third-order valence-corrected chi connectivity index (χ3v) is 11.3. The summed E-state index contributed by atoms with van der Waals surface area (Å²) in [5.74, 6) is 7.25. The van der Waals surface area contributed by atoms with Gasteiger partial charge in [-0.2, -0.15) is 0 Å². The van der Waals surface area contributed by atoms with E-state index in [1.807, 2.05) is 5.38 Å². The average molecular weight is 565 g/mol. The highest BCUT2D eigenvalue weighted by Gasteiger charge is 2.42. The zero-order valence-electron chi connectivity index (χ0n) is 18.9. The Morgan fingerprint density at radius 2 is 1.31 bits per heavy atom. The molecule has 8 rings (SSSR count). The molecule has 12 heteroatoms. The molecule has 0 aliphatic carbocycles. The Morgan fingerprint density at radius 1 is 0.639 bits per heavy atom. The van der Waals surface area contributed by atoms with Crippen LogP contribution in [0, 0.1) is 0 Å². The number of hydrogen-bond acceptors (Lipinski definition) is 12. The second-order valence-corrected chi connectivity index (χ2v) is 12.4. The Kier molecular flexibility index (Phi) is 5.23. The van der Waals surface area contributed by atoms with Gasteiger partial charge in [0.2, 0.25) is 0 Å². The van der Waals surface area contributed by atoms with Crippen molar-refractivity contribution in [2.24, 2.45) is 0 Å². The first-order valence-corrected chi connectivity index (χ1v) is 15.3. The van der Waals surface area contributed by atoms with Crippen molar-refractivity contribution in [1.29, 1.82) is 0 Å². The maximum atomic E-state index is 6.23. The van der Waals surface area contributed by atoms with Crippen molar-refractivity contribution in [2.75, 3.05) is 58.6 Å². The molecule has 0 amide bonds. The largest absolute Gasteiger partial charge is 0.490 e. The Hall–Kier alpha value is -2.28. The minimum Gasteiger partial charge on any atom is -0.490 e. The van der Waals surface area contributed by atoms with E-state index in [1.165, 1.54) is 0 Å². The molecule has 0 bridgehead atoms. The van der Waals surface area contributed by atoms with Gasteiger partial charge in [-0.15, -0.1) is 46.2 Å². The van der Waals surface area contributed by atoms with E-state index in [0.29, 0.717) is 52.9 Å². The van der Waals surface area contributed by atoms with E-state index in [4.69, 9.17) is 37.9 Å². The van der Waals surface area contributed by atoms with Gasteiger partial charge in [-0.05, 0) is 0 Å². The quantitative estimate of drug-likeness (QED) is 0.515. The molecule has 8 heterocycles. The van der Waals surface area contributed by atoms with E-state index in [2.05, 4.69) is 0 Å². The molecule has 0 spiro atoms. The Labute approximate surface area is 222 Å². The monoisotopic (exact) mass is 564 g/mol. The lowest BCUT2D eigenvalue weighted by Gasteiger charge is -2.21. The molecule has 188 valence electrons. The first-order valence-electron chi connectivity index (χ1n) is 11.7. The predicted molar refractivity (Wildman–Crippen MR) is 137 cm³/mol. The summed E-state index contributed by atoms with van der Waals surface area (Å²) in [4.78, 5) is 3.13. The van der Waals surface area contributed by atoms with Crippen LogP contribution in [0.15, 0.2) is 28.4 Å². The molecule has 0 aromatic carbocycles. The van der Waals surface area contributed by atoms with E-state index < -0.39 is 0 Å². The van der Waals surface area contributed by atoms with Crippen molar-refractivity contribution in [3.8, 4) is 23.0 Å². The highest BCUT2D eigenvalue weighted by molar-refractivity contribution is 8.09. The van der Waals surface area contributed by atoms with Crippen LogP contribution in [0.1, 0.15) is 10.1 Å². The maximum absolute atomic E-state index is 6.23. The Morgan fingerprint density at radius 3 is 2.17 bits per heavy atom. The van der Waals surface area contributed by atoms with Crippen LogP contribution in [0.5, 0.6) is 23.0 Å². The fourth-order valence-corrected chi connectivity index (χ4v) is 9.86. The van der Waals surface area contributed by atoms with Crippen molar-refractivity contribution >= 4 is 56.0 Å². The molecule has 0 radical (unpaired) electrons. The number of hydrogen-bond donors (Lipinski definition) is 0. The van der Waals surface area contributed by atoms with Crippen LogP contribution in [-0.2, 0) is 18.9 Å². The van der Waals surface area contributed by atoms with Gasteiger partial charge in [-0.25, -0.2) is 0 Å². The smallest absolute Gasteiger partial charge is 0.181 e. The maximum Gasteiger partial charge on any atom is 0.181 e. The van der Waals surface area contributed by atoms with Crippen molar-refractivity contribution < 1.29 is 37.9 Å². The van der Waals surface area contributed by atoms with Crippen molar-refractivity contribution in [1.82, 2.24) is 0 Å². The van der Waals surface area contributed by atoms with E-state index in [0.717, 1.165) is 75.5 Å². The molecule has 0 saturated carbocycles. The molecule has 2 aromatic rings. The summed E-state index contributed by atoms with van der Waals surface area (Å²) in [6.07, 6.45) is 0. The molecule has 6 aliphatic heterocycles. The zero-order chi connectivity index (χ0) is 23.6. The highest BCUT2D eigenvalue weighted by Crippen LogP contribution is 2.59. The Bertz CT molecular complexity index is 1450. The van der Waals surface area contributed by atoms with Crippen LogP contribution in [0.4, 0.5) is 0 Å².